The van der Waals surface area contributed by atoms with Gasteiger partial charge in [0, 0.05) is 30.9 Å². The molecular formula is C21H25N3O5S. The van der Waals surface area contributed by atoms with Gasteiger partial charge < -0.3 is 15.0 Å². The molecule has 3 rings (SSSR count). The Morgan fingerprint density at radius 1 is 1.10 bits per heavy atom. The summed E-state index contributed by atoms with van der Waals surface area (Å²) in [6.07, 6.45) is 0.617. The number of benzene rings is 2. The molecular weight excluding hydrogens is 406 g/mol. The molecule has 0 saturated carbocycles. The molecule has 0 aliphatic carbocycles. The van der Waals surface area contributed by atoms with Crippen LogP contribution in [-0.2, 0) is 32.5 Å². The molecule has 30 heavy (non-hydrogen) atoms. The third-order valence-corrected chi connectivity index (χ3v) is 6.51. The van der Waals surface area contributed by atoms with Gasteiger partial charge in [-0.15, -0.1) is 0 Å². The van der Waals surface area contributed by atoms with Gasteiger partial charge in [-0.2, -0.15) is 0 Å². The summed E-state index contributed by atoms with van der Waals surface area (Å²) in [5.41, 5.74) is 3.44. The van der Waals surface area contributed by atoms with E-state index >= 15 is 0 Å². The van der Waals surface area contributed by atoms with Crippen LogP contribution in [0.4, 0.5) is 16.2 Å². The fourth-order valence-electron chi connectivity index (χ4n) is 3.39. The van der Waals surface area contributed by atoms with E-state index in [-0.39, 0.29) is 10.8 Å². The van der Waals surface area contributed by atoms with Crippen LogP contribution in [0.2, 0.25) is 0 Å². The molecule has 0 radical (unpaired) electrons. The number of nitrogens with zero attached hydrogens (tertiary/aromatic N) is 1. The molecule has 2 amide bonds. The Morgan fingerprint density at radius 2 is 1.83 bits per heavy atom. The van der Waals surface area contributed by atoms with Crippen molar-refractivity contribution in [3.8, 4) is 0 Å². The highest BCUT2D eigenvalue weighted by Crippen LogP contribution is 2.26. The number of amides is 2. The summed E-state index contributed by atoms with van der Waals surface area (Å²) in [4.78, 5) is 25.0. The van der Waals surface area contributed by atoms with Crippen LogP contribution >= 0.6 is 0 Å². The van der Waals surface area contributed by atoms with Gasteiger partial charge in [0.15, 0.2) is 0 Å². The lowest BCUT2D eigenvalue weighted by molar-refractivity contribution is -0.115. The maximum absolute atomic E-state index is 12.9. The molecule has 0 unspecified atom stereocenters. The van der Waals surface area contributed by atoms with E-state index in [0.717, 1.165) is 11.1 Å². The molecule has 0 aromatic heterocycles. The fourth-order valence-corrected chi connectivity index (χ4v) is 4.67. The summed E-state index contributed by atoms with van der Waals surface area (Å²) in [6, 6.07) is 10.0. The first-order valence-electron chi connectivity index (χ1n) is 9.61. The second-order valence-electron chi connectivity index (χ2n) is 7.11. The summed E-state index contributed by atoms with van der Waals surface area (Å²) in [5, 5.41) is 2.72. The van der Waals surface area contributed by atoms with E-state index in [2.05, 4.69) is 10.0 Å². The number of hydrogen-bond donors (Lipinski definition) is 2. The quantitative estimate of drug-likeness (QED) is 0.756. The number of carbonyl (C=O) groups excluding carboxylic acids is 2. The first-order chi connectivity index (χ1) is 14.2. The second kappa shape index (κ2) is 8.74. The number of hydrogen-bond acceptors (Lipinski definition) is 5. The van der Waals surface area contributed by atoms with Gasteiger partial charge in [0.1, 0.15) is 0 Å². The second-order valence-corrected chi connectivity index (χ2v) is 8.76. The van der Waals surface area contributed by atoms with Crippen molar-refractivity contribution < 1.29 is 22.7 Å². The van der Waals surface area contributed by atoms with Crippen molar-refractivity contribution in [2.24, 2.45) is 0 Å². The van der Waals surface area contributed by atoms with Crippen molar-refractivity contribution in [3.05, 3.63) is 53.1 Å². The van der Waals surface area contributed by atoms with Crippen LogP contribution < -0.4 is 10.0 Å². The number of ether oxygens (including phenoxy) is 1. The highest BCUT2D eigenvalue weighted by molar-refractivity contribution is 7.92. The van der Waals surface area contributed by atoms with Crippen LogP contribution in [0.15, 0.2) is 41.3 Å². The van der Waals surface area contributed by atoms with E-state index in [0.29, 0.717) is 42.9 Å². The first kappa shape index (κ1) is 21.6. The monoisotopic (exact) mass is 431 g/mol. The smallest absolute Gasteiger partial charge is 0.409 e. The summed E-state index contributed by atoms with van der Waals surface area (Å²) in [6.45, 7) is 4.35. The number of fused-ring (bicyclic) bond motifs is 1. The molecule has 1 aliphatic rings. The number of carbonyl (C=O) groups is 2. The lowest BCUT2D eigenvalue weighted by atomic mass is 9.99. The predicted molar refractivity (Wildman–Crippen MR) is 114 cm³/mol. The average Bonchev–Trinajstić information content (AvgIpc) is 2.72. The Morgan fingerprint density at radius 3 is 2.50 bits per heavy atom. The van der Waals surface area contributed by atoms with Crippen molar-refractivity contribution in [3.63, 3.8) is 0 Å². The van der Waals surface area contributed by atoms with Gasteiger partial charge in [0.2, 0.25) is 5.91 Å². The van der Waals surface area contributed by atoms with E-state index in [1.165, 1.54) is 13.2 Å². The standard InChI is InChI=1S/C21H25N3O5S/c1-4-20(25)22-17-7-8-19(14(2)11-17)30(27,28)23-18-6-5-15-9-10-24(21(26)29-3)13-16(15)12-18/h5-8,11-12,23H,4,9-10,13H2,1-3H3,(H,22,25). The van der Waals surface area contributed by atoms with Crippen LogP contribution in [0.3, 0.4) is 0 Å². The number of sulfonamides is 1. The van der Waals surface area contributed by atoms with Gasteiger partial charge in [0.25, 0.3) is 10.0 Å². The van der Waals surface area contributed by atoms with Gasteiger partial charge in [-0.3, -0.25) is 9.52 Å². The minimum atomic E-state index is -3.82. The van der Waals surface area contributed by atoms with Crippen LogP contribution in [0.1, 0.15) is 30.0 Å². The molecule has 8 nitrogen and oxygen atoms in total. The zero-order valence-corrected chi connectivity index (χ0v) is 18.0. The third-order valence-electron chi connectivity index (χ3n) is 4.97. The van der Waals surface area contributed by atoms with Crippen molar-refractivity contribution in [1.29, 1.82) is 0 Å². The van der Waals surface area contributed by atoms with E-state index < -0.39 is 16.1 Å². The van der Waals surface area contributed by atoms with Gasteiger partial charge in [-0.25, -0.2) is 13.2 Å². The summed E-state index contributed by atoms with van der Waals surface area (Å²) in [7, 11) is -2.49. The predicted octanol–water partition coefficient (Wildman–Crippen LogP) is 3.27. The lowest BCUT2D eigenvalue weighted by Gasteiger charge is -2.28. The Balaban J connectivity index is 1.81. The molecule has 0 fully saturated rings. The topological polar surface area (TPSA) is 105 Å². The van der Waals surface area contributed by atoms with Crippen molar-refractivity contribution in [2.45, 2.75) is 38.1 Å². The third kappa shape index (κ3) is 4.73. The van der Waals surface area contributed by atoms with E-state index in [9.17, 15) is 18.0 Å². The highest BCUT2D eigenvalue weighted by atomic mass is 32.2. The van der Waals surface area contributed by atoms with E-state index in [1.54, 1.807) is 43.0 Å². The molecule has 0 spiro atoms. The van der Waals surface area contributed by atoms with Crippen molar-refractivity contribution in [1.82, 2.24) is 4.90 Å². The zero-order valence-electron chi connectivity index (χ0n) is 17.2. The minimum absolute atomic E-state index is 0.130. The molecule has 2 N–H and O–H groups in total. The maximum Gasteiger partial charge on any atom is 0.409 e. The Bertz CT molecular complexity index is 1080. The molecule has 1 heterocycles. The molecule has 9 heteroatoms. The lowest BCUT2D eigenvalue weighted by Crippen LogP contribution is -2.35. The summed E-state index contributed by atoms with van der Waals surface area (Å²) >= 11 is 0. The Labute approximate surface area is 176 Å². The minimum Gasteiger partial charge on any atom is -0.453 e. The molecule has 0 bridgehead atoms. The van der Waals surface area contributed by atoms with Gasteiger partial charge in [0.05, 0.1) is 12.0 Å². The average molecular weight is 432 g/mol. The van der Waals surface area contributed by atoms with Gasteiger partial charge >= 0.3 is 6.09 Å². The zero-order chi connectivity index (χ0) is 21.9. The SMILES string of the molecule is CCC(=O)Nc1ccc(S(=O)(=O)Nc2ccc3c(c2)CN(C(=O)OC)CC3)c(C)c1. The Hall–Kier alpha value is -3.07. The molecule has 160 valence electrons. The summed E-state index contributed by atoms with van der Waals surface area (Å²) < 4.78 is 33.2. The highest BCUT2D eigenvalue weighted by Gasteiger charge is 2.23. The van der Waals surface area contributed by atoms with Crippen LogP contribution in [0.25, 0.3) is 0 Å². The molecule has 1 aliphatic heterocycles. The summed E-state index contributed by atoms with van der Waals surface area (Å²) in [5.74, 6) is -0.141. The van der Waals surface area contributed by atoms with Crippen molar-refractivity contribution in [2.75, 3.05) is 23.7 Å². The van der Waals surface area contributed by atoms with Gasteiger partial charge in [-0.05, 0) is 60.4 Å². The first-order valence-corrected chi connectivity index (χ1v) is 11.1. The number of rotatable bonds is 5. The van der Waals surface area contributed by atoms with Crippen molar-refractivity contribution >= 4 is 33.4 Å². The number of methoxy groups -OCH3 is 1. The van der Waals surface area contributed by atoms with Gasteiger partial charge in [-0.1, -0.05) is 13.0 Å². The molecule has 2 aromatic rings. The van der Waals surface area contributed by atoms with E-state index in [1.807, 2.05) is 6.07 Å². The normalized spacial score (nSPS) is 13.4. The molecule has 0 saturated heterocycles. The largest absolute Gasteiger partial charge is 0.453 e. The number of nitrogens with one attached hydrogen (secondary N) is 2. The fraction of sp³-hybridized carbons (Fsp3) is 0.333. The number of aryl methyl sites for hydroxylation is 1. The van der Waals surface area contributed by atoms with E-state index in [4.69, 9.17) is 4.74 Å². The van der Waals surface area contributed by atoms with Crippen LogP contribution in [0, 0.1) is 6.92 Å². The molecule has 0 atom stereocenters. The van der Waals surface area contributed by atoms with Crippen LogP contribution in [-0.4, -0.2) is 39.0 Å². The maximum atomic E-state index is 12.9. The van der Waals surface area contributed by atoms with Crippen LogP contribution in [0.5, 0.6) is 0 Å². The Kier molecular flexibility index (Phi) is 6.31. The number of anilines is 2. The molecule has 2 aromatic carbocycles.